The van der Waals surface area contributed by atoms with Crippen molar-refractivity contribution in [3.63, 3.8) is 0 Å². The summed E-state index contributed by atoms with van der Waals surface area (Å²) in [6.07, 6.45) is 11.9. The van der Waals surface area contributed by atoms with E-state index in [-0.39, 0.29) is 5.91 Å². The zero-order chi connectivity index (χ0) is 16.1. The Balaban J connectivity index is 1.39. The van der Waals surface area contributed by atoms with Crippen molar-refractivity contribution in [2.45, 2.75) is 32.1 Å². The molecule has 0 saturated heterocycles. The molecule has 1 saturated carbocycles. The Kier molecular flexibility index (Phi) is 3.29. The van der Waals surface area contributed by atoms with Gasteiger partial charge in [-0.2, -0.15) is 4.68 Å². The number of nitrogens with zero attached hydrogens (tertiary/aromatic N) is 4. The van der Waals surface area contributed by atoms with Gasteiger partial charge in [-0.05, 0) is 65.8 Å². The molecular weight excluding hydrogens is 322 g/mol. The van der Waals surface area contributed by atoms with E-state index in [2.05, 4.69) is 33.0 Å². The molecule has 3 atom stereocenters. The zero-order valence-corrected chi connectivity index (χ0v) is 14.1. The van der Waals surface area contributed by atoms with Crippen LogP contribution in [0.5, 0.6) is 0 Å². The largest absolute Gasteiger partial charge is 0.352 e. The lowest BCUT2D eigenvalue weighted by molar-refractivity contribution is 0.0944. The molecule has 0 aromatic carbocycles. The summed E-state index contributed by atoms with van der Waals surface area (Å²) in [5.74, 6) is 2.01. The lowest BCUT2D eigenvalue weighted by Crippen LogP contribution is -2.31. The van der Waals surface area contributed by atoms with Crippen molar-refractivity contribution in [2.24, 2.45) is 17.8 Å². The van der Waals surface area contributed by atoms with Gasteiger partial charge >= 0.3 is 0 Å². The van der Waals surface area contributed by atoms with Gasteiger partial charge in [0.05, 0.1) is 5.56 Å². The normalized spacial score (nSPS) is 26.9. The van der Waals surface area contributed by atoms with Crippen molar-refractivity contribution >= 4 is 17.2 Å². The second-order valence-electron chi connectivity index (χ2n) is 7.04. The van der Waals surface area contributed by atoms with E-state index in [9.17, 15) is 4.79 Å². The number of tetrazole rings is 1. The first kappa shape index (κ1) is 14.3. The number of amides is 1. The smallest absolute Gasteiger partial charge is 0.254 e. The van der Waals surface area contributed by atoms with Crippen LogP contribution in [0.15, 0.2) is 18.5 Å². The van der Waals surface area contributed by atoms with Gasteiger partial charge in [0.2, 0.25) is 0 Å². The van der Waals surface area contributed by atoms with E-state index >= 15 is 0 Å². The summed E-state index contributed by atoms with van der Waals surface area (Å²) in [7, 11) is 0. The van der Waals surface area contributed by atoms with Crippen LogP contribution in [-0.4, -0.2) is 32.7 Å². The Hall–Kier alpha value is -2.02. The molecule has 3 aliphatic rings. The summed E-state index contributed by atoms with van der Waals surface area (Å²) in [6.45, 7) is 0.768. The van der Waals surface area contributed by atoms with Crippen molar-refractivity contribution in [1.29, 1.82) is 0 Å². The molecule has 0 aliphatic heterocycles. The summed E-state index contributed by atoms with van der Waals surface area (Å²) in [5, 5.41) is 15.5. The van der Waals surface area contributed by atoms with Gasteiger partial charge in [-0.3, -0.25) is 4.79 Å². The molecule has 2 aromatic rings. The number of carbonyl (C=O) groups is 1. The first-order valence-electron chi connectivity index (χ1n) is 8.64. The van der Waals surface area contributed by atoms with E-state index in [1.165, 1.54) is 23.3 Å². The first-order valence-corrected chi connectivity index (χ1v) is 9.45. The van der Waals surface area contributed by atoms with E-state index in [0.29, 0.717) is 11.8 Å². The second kappa shape index (κ2) is 5.51. The number of carbonyl (C=O) groups excluding carboxylic acids is 1. The number of hydrogen-bond acceptors (Lipinski definition) is 5. The molecule has 1 amide bonds. The molecule has 3 aliphatic carbocycles. The highest BCUT2D eigenvalue weighted by Crippen LogP contribution is 2.43. The Labute approximate surface area is 143 Å². The van der Waals surface area contributed by atoms with Crippen LogP contribution in [0.1, 0.15) is 40.1 Å². The molecule has 0 radical (unpaired) electrons. The fraction of sp³-hybridized carbons (Fsp3) is 0.529. The minimum Gasteiger partial charge on any atom is -0.352 e. The van der Waals surface area contributed by atoms with Crippen molar-refractivity contribution < 1.29 is 4.79 Å². The zero-order valence-electron chi connectivity index (χ0n) is 13.3. The van der Waals surface area contributed by atoms with Crippen LogP contribution in [0, 0.1) is 17.8 Å². The summed E-state index contributed by atoms with van der Waals surface area (Å²) in [6, 6.07) is 0. The van der Waals surface area contributed by atoms with Gasteiger partial charge in [0.15, 0.2) is 0 Å². The molecule has 5 rings (SSSR count). The van der Waals surface area contributed by atoms with Gasteiger partial charge in [-0.25, -0.2) is 0 Å². The minimum absolute atomic E-state index is 0.0339. The summed E-state index contributed by atoms with van der Waals surface area (Å²) in [4.78, 5) is 14.3. The van der Waals surface area contributed by atoms with E-state index in [0.717, 1.165) is 42.3 Å². The third-order valence-electron chi connectivity index (χ3n) is 5.63. The number of nitrogens with one attached hydrogen (secondary N) is 1. The molecule has 0 spiro atoms. The van der Waals surface area contributed by atoms with E-state index in [1.54, 1.807) is 22.3 Å². The standard InChI is InChI=1S/C17H19N5OS/c23-16(18-8-12-7-10-4-5-11(12)6-10)15-13-2-1-3-14(13)24-17(15)22-9-19-20-21-22/h4-5,9-12H,1-3,6-8H2,(H,18,23)/t10-,11-,12-/m1/s1. The number of rotatable bonds is 4. The van der Waals surface area contributed by atoms with Crippen LogP contribution >= 0.6 is 11.3 Å². The van der Waals surface area contributed by atoms with E-state index in [1.807, 2.05) is 0 Å². The second-order valence-corrected chi connectivity index (χ2v) is 8.13. The fourth-order valence-electron chi connectivity index (χ4n) is 4.48. The maximum atomic E-state index is 12.9. The Morgan fingerprint density at radius 2 is 2.29 bits per heavy atom. The number of hydrogen-bond donors (Lipinski definition) is 1. The average Bonchev–Trinajstić information content (AvgIpc) is 3.38. The number of thiophene rings is 1. The molecule has 2 aromatic heterocycles. The quantitative estimate of drug-likeness (QED) is 0.865. The number of allylic oxidation sites excluding steroid dienone is 2. The third kappa shape index (κ3) is 2.22. The number of aryl methyl sites for hydroxylation is 1. The Bertz CT molecular complexity index is 809. The van der Waals surface area contributed by atoms with Gasteiger partial charge in [0.25, 0.3) is 5.91 Å². The number of fused-ring (bicyclic) bond motifs is 3. The summed E-state index contributed by atoms with van der Waals surface area (Å²) < 4.78 is 1.62. The van der Waals surface area contributed by atoms with Crippen molar-refractivity contribution in [1.82, 2.24) is 25.5 Å². The molecule has 2 bridgehead atoms. The van der Waals surface area contributed by atoms with Crippen molar-refractivity contribution in [3.8, 4) is 5.00 Å². The number of aromatic nitrogens is 4. The SMILES string of the molecule is O=C(NC[C@H]1C[C@@H]2C=C[C@@H]1C2)c1c(-n2cnnn2)sc2c1CCC2. The molecule has 1 fully saturated rings. The molecule has 24 heavy (non-hydrogen) atoms. The van der Waals surface area contributed by atoms with Gasteiger partial charge in [0, 0.05) is 11.4 Å². The Morgan fingerprint density at radius 1 is 1.33 bits per heavy atom. The highest BCUT2D eigenvalue weighted by molar-refractivity contribution is 7.15. The topological polar surface area (TPSA) is 72.7 Å². The predicted octanol–water partition coefficient (Wildman–Crippen LogP) is 2.15. The molecule has 124 valence electrons. The lowest BCUT2D eigenvalue weighted by Gasteiger charge is -2.18. The predicted molar refractivity (Wildman–Crippen MR) is 90.2 cm³/mol. The van der Waals surface area contributed by atoms with Crippen LogP contribution in [0.3, 0.4) is 0 Å². The molecular formula is C17H19N5OS. The highest BCUT2D eigenvalue weighted by Gasteiger charge is 2.36. The minimum atomic E-state index is 0.0339. The van der Waals surface area contributed by atoms with Crippen LogP contribution in [0.4, 0.5) is 0 Å². The van der Waals surface area contributed by atoms with Gasteiger partial charge in [-0.15, -0.1) is 16.4 Å². The average molecular weight is 341 g/mol. The van der Waals surface area contributed by atoms with Crippen LogP contribution in [0.25, 0.3) is 5.00 Å². The van der Waals surface area contributed by atoms with Gasteiger partial charge in [-0.1, -0.05) is 12.2 Å². The summed E-state index contributed by atoms with van der Waals surface area (Å²) in [5.41, 5.74) is 1.99. The lowest BCUT2D eigenvalue weighted by atomic mass is 9.93. The first-order chi connectivity index (χ1) is 11.8. The van der Waals surface area contributed by atoms with Gasteiger partial charge in [0.1, 0.15) is 11.3 Å². The van der Waals surface area contributed by atoms with Crippen molar-refractivity contribution in [2.75, 3.05) is 6.54 Å². The highest BCUT2D eigenvalue weighted by atomic mass is 32.1. The molecule has 6 nitrogen and oxygen atoms in total. The maximum absolute atomic E-state index is 12.9. The fourth-order valence-corrected chi connectivity index (χ4v) is 5.78. The van der Waals surface area contributed by atoms with E-state index < -0.39 is 0 Å². The third-order valence-corrected chi connectivity index (χ3v) is 6.91. The van der Waals surface area contributed by atoms with Crippen LogP contribution in [-0.2, 0) is 12.8 Å². The molecule has 1 N–H and O–H groups in total. The van der Waals surface area contributed by atoms with Gasteiger partial charge < -0.3 is 5.32 Å². The van der Waals surface area contributed by atoms with E-state index in [4.69, 9.17) is 0 Å². The molecule has 2 heterocycles. The van der Waals surface area contributed by atoms with Crippen molar-refractivity contribution in [3.05, 3.63) is 34.5 Å². The molecule has 7 heteroatoms. The molecule has 0 unspecified atom stereocenters. The van der Waals surface area contributed by atoms with Crippen LogP contribution < -0.4 is 5.32 Å². The summed E-state index contributed by atoms with van der Waals surface area (Å²) >= 11 is 1.65. The van der Waals surface area contributed by atoms with Crippen LogP contribution in [0.2, 0.25) is 0 Å². The Morgan fingerprint density at radius 3 is 3.04 bits per heavy atom. The monoisotopic (exact) mass is 341 g/mol. The maximum Gasteiger partial charge on any atom is 0.254 e.